The van der Waals surface area contributed by atoms with Crippen LogP contribution in [0.25, 0.3) is 33.3 Å². The number of pyridine rings is 2. The van der Waals surface area contributed by atoms with Crippen molar-refractivity contribution in [1.29, 1.82) is 0 Å². The Bertz CT molecular complexity index is 2230. The molecule has 4 heterocycles. The highest BCUT2D eigenvalue weighted by molar-refractivity contribution is 6.36. The van der Waals surface area contributed by atoms with Gasteiger partial charge in [-0.15, -0.1) is 0 Å². The van der Waals surface area contributed by atoms with E-state index in [1.807, 2.05) is 50.2 Å². The second-order valence-corrected chi connectivity index (χ2v) is 13.2. The first-order valence-electron chi connectivity index (χ1n) is 16.3. The van der Waals surface area contributed by atoms with Crippen LogP contribution in [0.3, 0.4) is 0 Å². The third-order valence-corrected chi connectivity index (χ3v) is 10.1. The number of methoxy groups -OCH3 is 1. The van der Waals surface area contributed by atoms with Gasteiger partial charge in [0, 0.05) is 61.2 Å². The van der Waals surface area contributed by atoms with Crippen molar-refractivity contribution in [3.8, 4) is 28.3 Å². The van der Waals surface area contributed by atoms with Crippen LogP contribution >= 0.6 is 11.6 Å². The van der Waals surface area contributed by atoms with Crippen LogP contribution in [0.5, 0.6) is 5.88 Å². The van der Waals surface area contributed by atoms with Gasteiger partial charge in [-0.1, -0.05) is 41.9 Å². The summed E-state index contributed by atoms with van der Waals surface area (Å²) in [6.45, 7) is 4.99. The Kier molecular flexibility index (Phi) is 8.78. The van der Waals surface area contributed by atoms with Crippen LogP contribution in [0.1, 0.15) is 28.8 Å². The van der Waals surface area contributed by atoms with Crippen LogP contribution in [-0.4, -0.2) is 57.7 Å². The Morgan fingerprint density at radius 3 is 2.53 bits per heavy atom. The van der Waals surface area contributed by atoms with E-state index in [4.69, 9.17) is 36.5 Å². The average Bonchev–Trinajstić information content (AvgIpc) is 3.50. The fourth-order valence-electron chi connectivity index (χ4n) is 7.00. The number of aromatic nitrogens is 4. The molecule has 2 aliphatic rings. The van der Waals surface area contributed by atoms with Crippen molar-refractivity contribution >= 4 is 34.0 Å². The molecule has 12 heteroatoms. The van der Waals surface area contributed by atoms with E-state index in [0.717, 1.165) is 50.1 Å². The molecule has 0 saturated carbocycles. The first-order valence-corrected chi connectivity index (χ1v) is 16.7. The smallest absolute Gasteiger partial charge is 0.330 e. The summed E-state index contributed by atoms with van der Waals surface area (Å²) < 4.78 is 20.4. The van der Waals surface area contributed by atoms with E-state index >= 15 is 0 Å². The molecule has 3 aromatic heterocycles. The number of hydrogen-bond acceptors (Lipinski definition) is 9. The number of nitrogens with zero attached hydrogens (tertiary/aromatic N) is 4. The predicted molar refractivity (Wildman–Crippen MR) is 191 cm³/mol. The van der Waals surface area contributed by atoms with Gasteiger partial charge in [-0.05, 0) is 61.6 Å². The lowest BCUT2D eigenvalue weighted by Gasteiger charge is -2.30. The molecular weight excluding hydrogens is 644 g/mol. The van der Waals surface area contributed by atoms with Gasteiger partial charge in [0.05, 0.1) is 42.2 Å². The number of ether oxygens (including phenoxy) is 3. The van der Waals surface area contributed by atoms with Gasteiger partial charge in [-0.2, -0.15) is 0 Å². The normalized spacial score (nSPS) is 18.9. The maximum absolute atomic E-state index is 13.3. The zero-order valence-electron chi connectivity index (χ0n) is 28.2. The summed E-state index contributed by atoms with van der Waals surface area (Å²) >= 11 is 7.21. The molecule has 3 N–H and O–H groups in total. The Labute approximate surface area is 288 Å². The standard InChI is InChI=1S/C37H39ClN6O5/c1-19-14-30-32(36(45)44(4)37(46)43(30)3)34(40-19)41-28-11-7-8-23(20(28)2)24-9-6-10-25(33(24)38)29-16-21-15-22(17-26(21)35(42-29)47-5)49-31-18-48-13-12-27(31)39/h6-11,14,16,22,27,31H,12-13,15,17-18,39H2,1-5H3,(H,40,41)/t22?,27-,31+/m0/s1. The number of nitrogens with two attached hydrogens (primary N) is 1. The van der Waals surface area contributed by atoms with Gasteiger partial charge >= 0.3 is 5.69 Å². The van der Waals surface area contributed by atoms with Crippen LogP contribution < -0.4 is 27.0 Å². The molecule has 0 spiro atoms. The zero-order chi connectivity index (χ0) is 34.6. The highest BCUT2D eigenvalue weighted by atomic mass is 35.5. The fourth-order valence-corrected chi connectivity index (χ4v) is 7.32. The lowest BCUT2D eigenvalue weighted by Crippen LogP contribution is -2.46. The molecule has 1 fully saturated rings. The molecule has 1 unspecified atom stereocenters. The molecule has 1 aliphatic heterocycles. The molecule has 5 aromatic rings. The molecule has 2 aromatic carbocycles. The number of halogens is 1. The monoisotopic (exact) mass is 682 g/mol. The van der Waals surface area contributed by atoms with Gasteiger partial charge in [-0.25, -0.2) is 14.8 Å². The number of rotatable bonds is 7. The Balaban J connectivity index is 1.23. The first-order chi connectivity index (χ1) is 23.5. The molecule has 1 saturated heterocycles. The van der Waals surface area contributed by atoms with E-state index in [0.29, 0.717) is 65.1 Å². The third-order valence-electron chi connectivity index (χ3n) is 9.71. The van der Waals surface area contributed by atoms with Crippen LogP contribution in [-0.2, 0) is 36.4 Å². The molecule has 11 nitrogen and oxygen atoms in total. The number of nitrogens with one attached hydrogen (secondary N) is 1. The fraction of sp³-hybridized carbons (Fsp3) is 0.351. The van der Waals surface area contributed by atoms with Gasteiger partial charge < -0.3 is 25.3 Å². The third kappa shape index (κ3) is 5.90. The van der Waals surface area contributed by atoms with Crippen molar-refractivity contribution in [3.05, 3.63) is 96.8 Å². The van der Waals surface area contributed by atoms with Gasteiger partial charge in [0.25, 0.3) is 5.56 Å². The lowest BCUT2D eigenvalue weighted by atomic mass is 9.96. The summed E-state index contributed by atoms with van der Waals surface area (Å²) in [6.07, 6.45) is 2.02. The SMILES string of the molecule is COc1nc(-c2cccc(-c3cccc(Nc4nc(C)cc5c4c(=O)n(C)c(=O)n5C)c3C)c2Cl)cc2c1CC(O[C@@H]1COCC[C@@H]1N)C2. The Morgan fingerprint density at radius 2 is 1.76 bits per heavy atom. The van der Waals surface area contributed by atoms with Gasteiger partial charge in [0.2, 0.25) is 5.88 Å². The molecule has 0 amide bonds. The molecule has 3 atom stereocenters. The first kappa shape index (κ1) is 33.0. The number of hydrogen-bond donors (Lipinski definition) is 2. The van der Waals surface area contributed by atoms with Crippen molar-refractivity contribution in [1.82, 2.24) is 19.1 Å². The van der Waals surface area contributed by atoms with Crippen LogP contribution in [0.15, 0.2) is 58.1 Å². The largest absolute Gasteiger partial charge is 0.481 e. The minimum Gasteiger partial charge on any atom is -0.481 e. The van der Waals surface area contributed by atoms with E-state index in [2.05, 4.69) is 16.4 Å². The van der Waals surface area contributed by atoms with Gasteiger partial charge in [0.1, 0.15) is 11.2 Å². The second kappa shape index (κ2) is 13.1. The lowest BCUT2D eigenvalue weighted by molar-refractivity contribution is -0.0901. The summed E-state index contributed by atoms with van der Waals surface area (Å²) in [5.74, 6) is 0.939. The molecule has 49 heavy (non-hydrogen) atoms. The summed E-state index contributed by atoms with van der Waals surface area (Å²) in [4.78, 5) is 35.5. The van der Waals surface area contributed by atoms with Gasteiger partial charge in [0.15, 0.2) is 0 Å². The number of anilines is 2. The summed E-state index contributed by atoms with van der Waals surface area (Å²) in [5.41, 5.74) is 13.7. The van der Waals surface area contributed by atoms with E-state index in [1.165, 1.54) is 11.6 Å². The van der Waals surface area contributed by atoms with E-state index < -0.39 is 11.2 Å². The quantitative estimate of drug-likeness (QED) is 0.244. The maximum atomic E-state index is 13.3. The van der Waals surface area contributed by atoms with E-state index in [1.54, 1.807) is 20.2 Å². The topological polar surface area (TPSA) is 136 Å². The average molecular weight is 683 g/mol. The molecule has 7 rings (SSSR count). The predicted octanol–water partition coefficient (Wildman–Crippen LogP) is 4.98. The minimum absolute atomic E-state index is 0.0384. The summed E-state index contributed by atoms with van der Waals surface area (Å²) in [6, 6.07) is 15.6. The zero-order valence-corrected chi connectivity index (χ0v) is 28.9. The van der Waals surface area contributed by atoms with Crippen LogP contribution in [0, 0.1) is 13.8 Å². The highest BCUT2D eigenvalue weighted by Crippen LogP contribution is 2.42. The van der Waals surface area contributed by atoms with Gasteiger partial charge in [-0.3, -0.25) is 13.9 Å². The second-order valence-electron chi connectivity index (χ2n) is 12.9. The van der Waals surface area contributed by atoms with Crippen molar-refractivity contribution in [2.45, 2.75) is 51.4 Å². The van der Waals surface area contributed by atoms with Crippen LogP contribution in [0.2, 0.25) is 5.02 Å². The summed E-state index contributed by atoms with van der Waals surface area (Å²) in [7, 11) is 4.75. The molecule has 1 aliphatic carbocycles. The van der Waals surface area contributed by atoms with E-state index in [-0.39, 0.29) is 18.2 Å². The molecule has 254 valence electrons. The Morgan fingerprint density at radius 1 is 1.00 bits per heavy atom. The van der Waals surface area contributed by atoms with Crippen LogP contribution in [0.4, 0.5) is 11.5 Å². The summed E-state index contributed by atoms with van der Waals surface area (Å²) in [5, 5.41) is 4.27. The van der Waals surface area contributed by atoms with Crippen molar-refractivity contribution in [2.24, 2.45) is 19.8 Å². The van der Waals surface area contributed by atoms with Crippen molar-refractivity contribution in [2.75, 3.05) is 25.6 Å². The minimum atomic E-state index is -0.417. The van der Waals surface area contributed by atoms with Crippen molar-refractivity contribution < 1.29 is 14.2 Å². The van der Waals surface area contributed by atoms with Crippen molar-refractivity contribution in [3.63, 3.8) is 0 Å². The number of aryl methyl sites for hydroxylation is 2. The molecular formula is C37H39ClN6O5. The maximum Gasteiger partial charge on any atom is 0.330 e. The molecule has 0 radical (unpaired) electrons. The number of benzene rings is 2. The van der Waals surface area contributed by atoms with E-state index in [9.17, 15) is 9.59 Å². The number of fused-ring (bicyclic) bond motifs is 2. The highest BCUT2D eigenvalue weighted by Gasteiger charge is 2.32. The Hall–Kier alpha value is -4.55. The molecule has 0 bridgehead atoms.